The van der Waals surface area contributed by atoms with Crippen LogP contribution in [-0.4, -0.2) is 12.1 Å². The van der Waals surface area contributed by atoms with Gasteiger partial charge in [-0.3, -0.25) is 4.79 Å². The first-order valence-corrected chi connectivity index (χ1v) is 3.63. The zero-order valence-corrected chi connectivity index (χ0v) is 6.81. The lowest BCUT2D eigenvalue weighted by molar-refractivity contribution is -0.142. The molecule has 0 spiro atoms. The van der Waals surface area contributed by atoms with Crippen LogP contribution in [0.2, 0.25) is 0 Å². The first kappa shape index (κ1) is 7.58. The minimum absolute atomic E-state index is 0.105. The third-order valence-electron chi connectivity index (χ3n) is 2.34. The van der Waals surface area contributed by atoms with E-state index in [0.29, 0.717) is 6.47 Å². The van der Waals surface area contributed by atoms with Crippen molar-refractivity contribution in [2.24, 2.45) is 5.41 Å². The molecule has 0 aromatic heterocycles. The highest BCUT2D eigenvalue weighted by Gasteiger charge is 2.54. The Morgan fingerprint density at radius 1 is 1.40 bits per heavy atom. The summed E-state index contributed by atoms with van der Waals surface area (Å²) < 4.78 is 5.02. The second-order valence-corrected chi connectivity index (χ2v) is 3.96. The zero-order chi connectivity index (χ0) is 7.83. The van der Waals surface area contributed by atoms with Gasteiger partial charge in [-0.15, -0.1) is 0 Å². The molecule has 0 N–H and O–H groups in total. The third-order valence-corrected chi connectivity index (χ3v) is 2.34. The SMILES string of the molecule is CC(C)(C)C1(OC=O)CC1. The summed E-state index contributed by atoms with van der Waals surface area (Å²) in [6, 6.07) is 0. The van der Waals surface area contributed by atoms with Gasteiger partial charge in [-0.1, -0.05) is 20.8 Å². The molecule has 0 unspecified atom stereocenters. The molecule has 0 aromatic carbocycles. The average Bonchev–Trinajstić information content (AvgIpc) is 2.45. The number of hydrogen-bond acceptors (Lipinski definition) is 2. The number of carbonyl (C=O) groups is 1. The van der Waals surface area contributed by atoms with E-state index in [-0.39, 0.29) is 11.0 Å². The Labute approximate surface area is 61.6 Å². The topological polar surface area (TPSA) is 26.3 Å². The van der Waals surface area contributed by atoms with E-state index in [1.165, 1.54) is 0 Å². The summed E-state index contributed by atoms with van der Waals surface area (Å²) in [6.45, 7) is 6.87. The summed E-state index contributed by atoms with van der Waals surface area (Å²) in [4.78, 5) is 10.1. The lowest BCUT2D eigenvalue weighted by Gasteiger charge is -2.28. The molecule has 1 fully saturated rings. The van der Waals surface area contributed by atoms with Gasteiger partial charge in [0, 0.05) is 5.41 Å². The molecular formula is C8H14O2. The summed E-state index contributed by atoms with van der Waals surface area (Å²) in [6.07, 6.45) is 2.05. The highest BCUT2D eigenvalue weighted by Crippen LogP contribution is 2.52. The Hall–Kier alpha value is -0.530. The molecule has 0 atom stereocenters. The highest BCUT2D eigenvalue weighted by atomic mass is 16.5. The molecule has 0 aliphatic heterocycles. The monoisotopic (exact) mass is 142 g/mol. The van der Waals surface area contributed by atoms with Crippen molar-refractivity contribution >= 4 is 6.47 Å². The van der Waals surface area contributed by atoms with Crippen molar-refractivity contribution < 1.29 is 9.53 Å². The van der Waals surface area contributed by atoms with Crippen LogP contribution in [0.15, 0.2) is 0 Å². The van der Waals surface area contributed by atoms with Crippen LogP contribution in [0.25, 0.3) is 0 Å². The molecule has 0 aromatic rings. The predicted octanol–water partition coefficient (Wildman–Crippen LogP) is 1.74. The molecule has 0 bridgehead atoms. The van der Waals surface area contributed by atoms with E-state index in [2.05, 4.69) is 20.8 Å². The molecule has 1 aliphatic carbocycles. The average molecular weight is 142 g/mol. The number of ether oxygens (including phenoxy) is 1. The smallest absolute Gasteiger partial charge is 0.293 e. The minimum Gasteiger partial charge on any atom is -0.461 e. The largest absolute Gasteiger partial charge is 0.461 e. The number of rotatable bonds is 2. The lowest BCUT2D eigenvalue weighted by Crippen LogP contribution is -2.30. The van der Waals surface area contributed by atoms with E-state index in [4.69, 9.17) is 4.74 Å². The van der Waals surface area contributed by atoms with E-state index in [0.717, 1.165) is 12.8 Å². The van der Waals surface area contributed by atoms with Gasteiger partial charge in [0.05, 0.1) is 0 Å². The maximum Gasteiger partial charge on any atom is 0.293 e. The Kier molecular flexibility index (Phi) is 1.50. The molecule has 2 heteroatoms. The van der Waals surface area contributed by atoms with Gasteiger partial charge in [0.1, 0.15) is 5.60 Å². The van der Waals surface area contributed by atoms with Gasteiger partial charge in [-0.05, 0) is 12.8 Å². The molecule has 10 heavy (non-hydrogen) atoms. The van der Waals surface area contributed by atoms with Crippen molar-refractivity contribution in [2.75, 3.05) is 0 Å². The fourth-order valence-electron chi connectivity index (χ4n) is 1.25. The van der Waals surface area contributed by atoms with Gasteiger partial charge in [0.2, 0.25) is 0 Å². The molecule has 58 valence electrons. The van der Waals surface area contributed by atoms with Crippen LogP contribution in [0.1, 0.15) is 33.6 Å². The van der Waals surface area contributed by atoms with E-state index >= 15 is 0 Å². The van der Waals surface area contributed by atoms with Gasteiger partial charge >= 0.3 is 0 Å². The van der Waals surface area contributed by atoms with E-state index < -0.39 is 0 Å². The molecule has 0 heterocycles. The summed E-state index contributed by atoms with van der Waals surface area (Å²) in [5.41, 5.74) is -0.0251. The Bertz CT molecular complexity index is 140. The quantitative estimate of drug-likeness (QED) is 0.549. The fourth-order valence-corrected chi connectivity index (χ4v) is 1.25. The molecule has 0 radical (unpaired) electrons. The van der Waals surface area contributed by atoms with Crippen LogP contribution in [0.5, 0.6) is 0 Å². The molecule has 0 saturated heterocycles. The van der Waals surface area contributed by atoms with Crippen molar-refractivity contribution in [3.63, 3.8) is 0 Å². The van der Waals surface area contributed by atoms with Crippen LogP contribution in [0.3, 0.4) is 0 Å². The molecule has 2 nitrogen and oxygen atoms in total. The van der Waals surface area contributed by atoms with Gasteiger partial charge in [0.15, 0.2) is 0 Å². The van der Waals surface area contributed by atoms with Crippen LogP contribution in [0, 0.1) is 5.41 Å². The van der Waals surface area contributed by atoms with E-state index in [1.807, 2.05) is 0 Å². The van der Waals surface area contributed by atoms with Gasteiger partial charge in [0.25, 0.3) is 6.47 Å². The lowest BCUT2D eigenvalue weighted by atomic mass is 9.87. The van der Waals surface area contributed by atoms with Crippen molar-refractivity contribution in [3.05, 3.63) is 0 Å². The predicted molar refractivity (Wildman–Crippen MR) is 38.6 cm³/mol. The van der Waals surface area contributed by atoms with Gasteiger partial charge in [-0.25, -0.2) is 0 Å². The van der Waals surface area contributed by atoms with Crippen LogP contribution < -0.4 is 0 Å². The standard InChI is InChI=1S/C8H14O2/c1-7(2,3)8(4-5-8)10-6-9/h6H,4-5H2,1-3H3. The molecule has 1 saturated carbocycles. The molecule has 1 rings (SSSR count). The minimum atomic E-state index is -0.130. The van der Waals surface area contributed by atoms with Crippen molar-refractivity contribution in [1.82, 2.24) is 0 Å². The van der Waals surface area contributed by atoms with E-state index in [1.54, 1.807) is 0 Å². The highest BCUT2D eigenvalue weighted by molar-refractivity contribution is 5.40. The van der Waals surface area contributed by atoms with Crippen molar-refractivity contribution in [2.45, 2.75) is 39.2 Å². The maximum atomic E-state index is 10.1. The first-order valence-electron chi connectivity index (χ1n) is 3.63. The summed E-state index contributed by atoms with van der Waals surface area (Å²) in [5, 5.41) is 0. The molecular weight excluding hydrogens is 128 g/mol. The second kappa shape index (κ2) is 1.97. The maximum absolute atomic E-state index is 10.1. The first-order chi connectivity index (χ1) is 4.52. The molecule has 1 aliphatic rings. The molecule has 0 amide bonds. The summed E-state index contributed by atoms with van der Waals surface area (Å²) >= 11 is 0. The second-order valence-electron chi connectivity index (χ2n) is 3.96. The Morgan fingerprint density at radius 3 is 2.00 bits per heavy atom. The summed E-state index contributed by atoms with van der Waals surface area (Å²) in [5.74, 6) is 0. The van der Waals surface area contributed by atoms with Crippen LogP contribution in [0.4, 0.5) is 0 Å². The normalized spacial score (nSPS) is 21.9. The fraction of sp³-hybridized carbons (Fsp3) is 0.875. The number of carbonyl (C=O) groups excluding carboxylic acids is 1. The Balaban J connectivity index is 2.60. The van der Waals surface area contributed by atoms with Crippen LogP contribution in [-0.2, 0) is 9.53 Å². The summed E-state index contributed by atoms with van der Waals surface area (Å²) in [7, 11) is 0. The zero-order valence-electron chi connectivity index (χ0n) is 6.81. The number of hydrogen-bond donors (Lipinski definition) is 0. The van der Waals surface area contributed by atoms with Crippen molar-refractivity contribution in [1.29, 1.82) is 0 Å². The Morgan fingerprint density at radius 2 is 1.90 bits per heavy atom. The van der Waals surface area contributed by atoms with Gasteiger partial charge < -0.3 is 4.74 Å². The van der Waals surface area contributed by atoms with Gasteiger partial charge in [-0.2, -0.15) is 0 Å². The van der Waals surface area contributed by atoms with Crippen molar-refractivity contribution in [3.8, 4) is 0 Å². The third kappa shape index (κ3) is 1.02. The van der Waals surface area contributed by atoms with Crippen LogP contribution >= 0.6 is 0 Å². The van der Waals surface area contributed by atoms with E-state index in [9.17, 15) is 4.79 Å².